The third-order valence-corrected chi connectivity index (χ3v) is 5.14. The van der Waals surface area contributed by atoms with Gasteiger partial charge in [-0.25, -0.2) is 0 Å². The second kappa shape index (κ2) is 7.81. The van der Waals surface area contributed by atoms with E-state index in [2.05, 4.69) is 5.32 Å². The second-order valence-electron chi connectivity index (χ2n) is 5.02. The van der Waals surface area contributed by atoms with Crippen LogP contribution in [0.15, 0.2) is 24.3 Å². The Kier molecular flexibility index (Phi) is 6.40. The topological polar surface area (TPSA) is 70.0 Å². The molecule has 1 rings (SSSR count). The molecule has 20 heavy (non-hydrogen) atoms. The molecule has 0 aliphatic carbocycles. The summed E-state index contributed by atoms with van der Waals surface area (Å²) in [6.07, 6.45) is 0.223. The van der Waals surface area contributed by atoms with E-state index in [1.165, 1.54) is 0 Å². The minimum atomic E-state index is -0.993. The van der Waals surface area contributed by atoms with Gasteiger partial charge in [-0.3, -0.25) is 9.00 Å². The quantitative estimate of drug-likeness (QED) is 0.876. The average molecular weight is 292 g/mol. The maximum Gasteiger partial charge on any atom is 0.225 e. The number of rotatable bonds is 6. The number of hydrogen-bond donors (Lipinski definition) is 1. The zero-order valence-electron chi connectivity index (χ0n) is 12.1. The van der Waals surface area contributed by atoms with Gasteiger partial charge >= 0.3 is 0 Å². The zero-order chi connectivity index (χ0) is 15.1. The average Bonchev–Trinajstić information content (AvgIpc) is 2.43. The Labute approximate surface area is 122 Å². The molecular formula is C15H20N2O2S. The highest BCUT2D eigenvalue weighted by molar-refractivity contribution is 7.85. The minimum absolute atomic E-state index is 0.0877. The largest absolute Gasteiger partial charge is 0.326 e. The van der Waals surface area contributed by atoms with E-state index in [0.29, 0.717) is 22.9 Å². The van der Waals surface area contributed by atoms with Crippen LogP contribution < -0.4 is 5.32 Å². The predicted octanol–water partition coefficient (Wildman–Crippen LogP) is 2.68. The Morgan fingerprint density at radius 3 is 2.70 bits per heavy atom. The molecule has 1 N–H and O–H groups in total. The molecule has 0 aliphatic heterocycles. The Balaban J connectivity index is 2.48. The number of anilines is 1. The molecule has 5 heteroatoms. The molecular weight excluding hydrogens is 272 g/mol. The van der Waals surface area contributed by atoms with E-state index in [9.17, 15) is 9.00 Å². The molecule has 1 amide bonds. The Morgan fingerprint density at radius 1 is 1.40 bits per heavy atom. The summed E-state index contributed by atoms with van der Waals surface area (Å²) in [5.74, 6) is 0.527. The lowest BCUT2D eigenvalue weighted by atomic mass is 10.2. The third-order valence-electron chi connectivity index (χ3n) is 3.16. The first kappa shape index (κ1) is 16.4. The van der Waals surface area contributed by atoms with E-state index in [1.54, 1.807) is 24.3 Å². The smallest absolute Gasteiger partial charge is 0.225 e. The van der Waals surface area contributed by atoms with Crippen LogP contribution in [0.2, 0.25) is 0 Å². The Hall–Kier alpha value is -1.67. The molecule has 1 aromatic rings. The highest BCUT2D eigenvalue weighted by Crippen LogP contribution is 2.12. The van der Waals surface area contributed by atoms with E-state index in [1.807, 2.05) is 26.8 Å². The van der Waals surface area contributed by atoms with Gasteiger partial charge in [0, 0.05) is 33.9 Å². The first-order valence-electron chi connectivity index (χ1n) is 6.61. The number of nitrogens with one attached hydrogen (secondary N) is 1. The summed E-state index contributed by atoms with van der Waals surface area (Å²) in [4.78, 5) is 11.8. The van der Waals surface area contributed by atoms with Crippen LogP contribution in [0.1, 0.15) is 32.8 Å². The molecule has 0 aromatic heterocycles. The van der Waals surface area contributed by atoms with E-state index >= 15 is 0 Å². The van der Waals surface area contributed by atoms with Crippen LogP contribution in [-0.2, 0) is 15.6 Å². The van der Waals surface area contributed by atoms with Crippen LogP contribution >= 0.6 is 0 Å². The van der Waals surface area contributed by atoms with E-state index < -0.39 is 10.8 Å². The maximum atomic E-state index is 11.9. The van der Waals surface area contributed by atoms with Crippen molar-refractivity contribution >= 4 is 22.4 Å². The third kappa shape index (κ3) is 5.14. The number of carbonyl (C=O) groups is 1. The van der Waals surface area contributed by atoms with Crippen molar-refractivity contribution in [2.24, 2.45) is 5.92 Å². The standard InChI is InChI=1S/C15H20N2O2S/c1-11(2)12(3)20(19)8-7-15(18)17-14-6-4-5-13(9-14)10-16/h4-6,9,11-12H,7-8H2,1-3H3,(H,17,18). The van der Waals surface area contributed by atoms with Gasteiger partial charge in [0.1, 0.15) is 0 Å². The summed E-state index contributed by atoms with van der Waals surface area (Å²) in [5.41, 5.74) is 1.09. The molecule has 2 atom stereocenters. The van der Waals surface area contributed by atoms with Crippen molar-refractivity contribution in [3.8, 4) is 6.07 Å². The molecule has 1 aromatic carbocycles. The first-order chi connectivity index (χ1) is 9.43. The van der Waals surface area contributed by atoms with Gasteiger partial charge in [0.05, 0.1) is 11.6 Å². The molecule has 0 radical (unpaired) electrons. The monoisotopic (exact) mass is 292 g/mol. The second-order valence-corrected chi connectivity index (χ2v) is 6.94. The van der Waals surface area contributed by atoms with E-state index in [-0.39, 0.29) is 17.6 Å². The minimum Gasteiger partial charge on any atom is -0.326 e. The van der Waals surface area contributed by atoms with Gasteiger partial charge in [-0.15, -0.1) is 0 Å². The van der Waals surface area contributed by atoms with Gasteiger partial charge in [-0.1, -0.05) is 26.8 Å². The van der Waals surface area contributed by atoms with Crippen LogP contribution in [0.5, 0.6) is 0 Å². The molecule has 0 heterocycles. The molecule has 0 spiro atoms. The summed E-state index contributed by atoms with van der Waals surface area (Å²) >= 11 is 0. The van der Waals surface area contributed by atoms with Crippen molar-refractivity contribution in [2.75, 3.05) is 11.1 Å². The molecule has 108 valence electrons. The number of nitrogens with zero attached hydrogens (tertiary/aromatic N) is 1. The van der Waals surface area contributed by atoms with Crippen LogP contribution in [0.25, 0.3) is 0 Å². The van der Waals surface area contributed by atoms with Crippen molar-refractivity contribution in [1.29, 1.82) is 5.26 Å². The normalized spacial score (nSPS) is 13.6. The lowest BCUT2D eigenvalue weighted by Crippen LogP contribution is -2.23. The van der Waals surface area contributed by atoms with Gasteiger partial charge in [0.15, 0.2) is 0 Å². The molecule has 0 bridgehead atoms. The van der Waals surface area contributed by atoms with Crippen molar-refractivity contribution in [2.45, 2.75) is 32.4 Å². The number of benzene rings is 1. The molecule has 0 aliphatic rings. The lowest BCUT2D eigenvalue weighted by molar-refractivity contribution is -0.115. The van der Waals surface area contributed by atoms with Crippen molar-refractivity contribution in [1.82, 2.24) is 0 Å². The molecule has 0 fully saturated rings. The van der Waals surface area contributed by atoms with E-state index in [4.69, 9.17) is 5.26 Å². The van der Waals surface area contributed by atoms with Crippen molar-refractivity contribution in [3.63, 3.8) is 0 Å². The zero-order valence-corrected chi connectivity index (χ0v) is 12.9. The van der Waals surface area contributed by atoms with E-state index in [0.717, 1.165) is 0 Å². The summed E-state index contributed by atoms with van der Waals surface area (Å²) in [6, 6.07) is 8.75. The molecule has 0 saturated carbocycles. The van der Waals surface area contributed by atoms with Crippen molar-refractivity contribution < 1.29 is 9.00 Å². The highest BCUT2D eigenvalue weighted by atomic mass is 32.2. The molecule has 4 nitrogen and oxygen atoms in total. The van der Waals surface area contributed by atoms with Gasteiger partial charge < -0.3 is 5.32 Å². The van der Waals surface area contributed by atoms with Crippen LogP contribution in [0.3, 0.4) is 0 Å². The SMILES string of the molecule is CC(C)C(C)S(=O)CCC(=O)Nc1cccc(C#N)c1. The van der Waals surface area contributed by atoms with Gasteiger partial charge in [-0.2, -0.15) is 5.26 Å². The fourth-order valence-corrected chi connectivity index (χ4v) is 2.94. The number of amides is 1. The van der Waals surface area contributed by atoms with Gasteiger partial charge in [0.25, 0.3) is 0 Å². The number of nitriles is 1. The Bertz CT molecular complexity index is 535. The fourth-order valence-electron chi connectivity index (χ4n) is 1.57. The Morgan fingerprint density at radius 2 is 2.10 bits per heavy atom. The van der Waals surface area contributed by atoms with Crippen LogP contribution in [-0.4, -0.2) is 21.1 Å². The highest BCUT2D eigenvalue weighted by Gasteiger charge is 2.16. The number of hydrogen-bond acceptors (Lipinski definition) is 3. The summed E-state index contributed by atoms with van der Waals surface area (Å²) in [7, 11) is -0.993. The van der Waals surface area contributed by atoms with Gasteiger partial charge in [0.2, 0.25) is 5.91 Å². The van der Waals surface area contributed by atoms with Crippen LogP contribution in [0, 0.1) is 17.2 Å². The predicted molar refractivity (Wildman–Crippen MR) is 81.7 cm³/mol. The summed E-state index contributed by atoms with van der Waals surface area (Å²) < 4.78 is 11.9. The van der Waals surface area contributed by atoms with Gasteiger partial charge in [-0.05, 0) is 24.1 Å². The molecule has 2 unspecified atom stereocenters. The molecule has 0 saturated heterocycles. The first-order valence-corrected chi connectivity index (χ1v) is 7.99. The lowest BCUT2D eigenvalue weighted by Gasteiger charge is -2.14. The van der Waals surface area contributed by atoms with Crippen LogP contribution in [0.4, 0.5) is 5.69 Å². The number of carbonyl (C=O) groups excluding carboxylic acids is 1. The fraction of sp³-hybridized carbons (Fsp3) is 0.467. The summed E-state index contributed by atoms with van der Waals surface area (Å²) in [5, 5.41) is 11.6. The van der Waals surface area contributed by atoms with Crippen molar-refractivity contribution in [3.05, 3.63) is 29.8 Å². The maximum absolute atomic E-state index is 11.9. The summed E-state index contributed by atoms with van der Waals surface area (Å²) in [6.45, 7) is 5.99.